The summed E-state index contributed by atoms with van der Waals surface area (Å²) in [7, 11) is 0. The van der Waals surface area contributed by atoms with Gasteiger partial charge in [-0.3, -0.25) is 4.99 Å². The number of furan rings is 1. The normalized spacial score (nSPS) is 16.5. The monoisotopic (exact) mass is 460 g/mol. The van der Waals surface area contributed by atoms with Crippen LogP contribution in [-0.2, 0) is 0 Å². The summed E-state index contributed by atoms with van der Waals surface area (Å²) in [5.41, 5.74) is 7.02. The van der Waals surface area contributed by atoms with Crippen molar-refractivity contribution >= 4 is 35.6 Å². The van der Waals surface area contributed by atoms with E-state index >= 15 is 0 Å². The molecule has 3 N–H and O–H groups in total. The molecule has 1 atom stereocenters. The minimum Gasteiger partial charge on any atom is -0.467 e. The van der Waals surface area contributed by atoms with Crippen LogP contribution in [0.25, 0.3) is 0 Å². The number of nitrogens with two attached hydrogens (primary N) is 1. The van der Waals surface area contributed by atoms with E-state index in [1.165, 1.54) is 18.4 Å². The molecule has 0 aliphatic carbocycles. The summed E-state index contributed by atoms with van der Waals surface area (Å²) < 4.78 is 18.1. The van der Waals surface area contributed by atoms with Gasteiger partial charge in [0.1, 0.15) is 17.7 Å². The molecule has 1 unspecified atom stereocenters. The molecule has 1 saturated heterocycles. The zero-order chi connectivity index (χ0) is 16.9. The van der Waals surface area contributed by atoms with Crippen LogP contribution in [0.1, 0.15) is 11.9 Å². The summed E-state index contributed by atoms with van der Waals surface area (Å²) in [6.45, 7) is 3.18. The van der Waals surface area contributed by atoms with Crippen LogP contribution in [0.15, 0.2) is 52.1 Å². The molecule has 25 heavy (non-hydrogen) atoms. The average Bonchev–Trinajstić information content (AvgIpc) is 3.15. The van der Waals surface area contributed by atoms with Crippen molar-refractivity contribution < 1.29 is 13.9 Å². The minimum absolute atomic E-state index is 0. The highest BCUT2D eigenvalue weighted by molar-refractivity contribution is 14.0. The Bertz CT molecular complexity index is 670. The molecule has 0 amide bonds. The van der Waals surface area contributed by atoms with Crippen LogP contribution in [0, 0.1) is 5.82 Å². The number of halogens is 2. The van der Waals surface area contributed by atoms with Crippen LogP contribution in [0.3, 0.4) is 0 Å². The molecule has 0 saturated carbocycles. The fraction of sp³-hybridized carbons (Fsp3) is 0.353. The number of anilines is 1. The molecular formula is C17H22FIN4O2. The van der Waals surface area contributed by atoms with Crippen LogP contribution in [0.2, 0.25) is 0 Å². The highest BCUT2D eigenvalue weighted by Crippen LogP contribution is 2.17. The van der Waals surface area contributed by atoms with E-state index in [2.05, 4.69) is 9.89 Å². The van der Waals surface area contributed by atoms with Gasteiger partial charge >= 0.3 is 0 Å². The smallest absolute Gasteiger partial charge is 0.191 e. The molecule has 1 aromatic carbocycles. The Morgan fingerprint density at radius 3 is 2.48 bits per heavy atom. The highest BCUT2D eigenvalue weighted by Gasteiger charge is 2.19. The number of nitrogens with zero attached hydrogens (tertiary/aromatic N) is 3. The Morgan fingerprint density at radius 2 is 1.88 bits per heavy atom. The maximum Gasteiger partial charge on any atom is 0.191 e. The molecule has 2 aromatic rings. The minimum atomic E-state index is -0.793. The first-order valence-electron chi connectivity index (χ1n) is 7.90. The van der Waals surface area contributed by atoms with Gasteiger partial charge < -0.3 is 25.1 Å². The average molecular weight is 460 g/mol. The SMILES string of the molecule is I.NC(=NCC(O)c1ccco1)N1CCN(c2ccc(F)cc2)CC1. The van der Waals surface area contributed by atoms with E-state index in [4.69, 9.17) is 10.2 Å². The van der Waals surface area contributed by atoms with E-state index in [0.717, 1.165) is 31.9 Å². The van der Waals surface area contributed by atoms with Gasteiger partial charge in [0.2, 0.25) is 0 Å². The molecular weight excluding hydrogens is 438 g/mol. The largest absolute Gasteiger partial charge is 0.467 e. The molecule has 0 spiro atoms. The second-order valence-corrected chi connectivity index (χ2v) is 5.68. The van der Waals surface area contributed by atoms with Crippen molar-refractivity contribution in [1.82, 2.24) is 4.90 Å². The van der Waals surface area contributed by atoms with Gasteiger partial charge in [-0.25, -0.2) is 4.39 Å². The van der Waals surface area contributed by atoms with Crippen molar-refractivity contribution in [3.8, 4) is 0 Å². The van der Waals surface area contributed by atoms with Crippen LogP contribution in [-0.4, -0.2) is 48.7 Å². The van der Waals surface area contributed by atoms with Gasteiger partial charge in [-0.2, -0.15) is 0 Å². The summed E-state index contributed by atoms with van der Waals surface area (Å²) in [6, 6.07) is 9.92. The third-order valence-corrected chi connectivity index (χ3v) is 4.09. The second kappa shape index (κ2) is 9.04. The summed E-state index contributed by atoms with van der Waals surface area (Å²) in [6.07, 6.45) is 0.722. The van der Waals surface area contributed by atoms with E-state index in [1.54, 1.807) is 24.3 Å². The van der Waals surface area contributed by atoms with Gasteiger partial charge in [0.05, 0.1) is 12.8 Å². The molecule has 1 aliphatic rings. The van der Waals surface area contributed by atoms with Crippen molar-refractivity contribution in [3.05, 3.63) is 54.2 Å². The van der Waals surface area contributed by atoms with Crippen LogP contribution < -0.4 is 10.6 Å². The Labute approximate surface area is 163 Å². The number of guanidine groups is 1. The Hall–Kier alpha value is -1.81. The second-order valence-electron chi connectivity index (χ2n) is 5.68. The zero-order valence-electron chi connectivity index (χ0n) is 13.7. The van der Waals surface area contributed by atoms with E-state index in [-0.39, 0.29) is 36.3 Å². The van der Waals surface area contributed by atoms with Crippen molar-refractivity contribution in [2.75, 3.05) is 37.6 Å². The van der Waals surface area contributed by atoms with Crippen LogP contribution >= 0.6 is 24.0 Å². The molecule has 6 nitrogen and oxygen atoms in total. The number of rotatable bonds is 4. The lowest BCUT2D eigenvalue weighted by Crippen LogP contribution is -2.51. The quantitative estimate of drug-likeness (QED) is 0.416. The summed E-state index contributed by atoms with van der Waals surface area (Å²) in [5.74, 6) is 0.663. The topological polar surface area (TPSA) is 78.2 Å². The lowest BCUT2D eigenvalue weighted by Gasteiger charge is -2.36. The molecule has 1 aliphatic heterocycles. The van der Waals surface area contributed by atoms with E-state index in [1.807, 2.05) is 4.90 Å². The highest BCUT2D eigenvalue weighted by atomic mass is 127. The Balaban J connectivity index is 0.00000225. The number of aliphatic hydroxyl groups excluding tert-OH is 1. The van der Waals surface area contributed by atoms with E-state index in [0.29, 0.717) is 11.7 Å². The molecule has 1 fully saturated rings. The summed E-state index contributed by atoms with van der Waals surface area (Å²) in [5, 5.41) is 9.96. The first-order valence-corrected chi connectivity index (χ1v) is 7.90. The number of hydrogen-bond acceptors (Lipinski definition) is 4. The Morgan fingerprint density at radius 1 is 1.20 bits per heavy atom. The van der Waals surface area contributed by atoms with E-state index in [9.17, 15) is 9.50 Å². The first kappa shape index (κ1) is 19.5. The number of aliphatic hydroxyl groups is 1. The lowest BCUT2D eigenvalue weighted by atomic mass is 10.2. The van der Waals surface area contributed by atoms with Gasteiger partial charge in [0.15, 0.2) is 5.96 Å². The molecule has 8 heteroatoms. The fourth-order valence-electron chi connectivity index (χ4n) is 2.70. The Kier molecular flexibility index (Phi) is 7.06. The van der Waals surface area contributed by atoms with Gasteiger partial charge in [0, 0.05) is 31.9 Å². The van der Waals surface area contributed by atoms with E-state index < -0.39 is 6.10 Å². The third-order valence-electron chi connectivity index (χ3n) is 4.09. The van der Waals surface area contributed by atoms with Gasteiger partial charge in [0.25, 0.3) is 0 Å². The zero-order valence-corrected chi connectivity index (χ0v) is 16.0. The van der Waals surface area contributed by atoms with Gasteiger partial charge in [-0.1, -0.05) is 0 Å². The molecule has 1 aromatic heterocycles. The van der Waals surface area contributed by atoms with Crippen molar-refractivity contribution in [2.24, 2.45) is 10.7 Å². The number of aliphatic imine (C=N–C) groups is 1. The van der Waals surface area contributed by atoms with Crippen molar-refractivity contribution in [3.63, 3.8) is 0 Å². The predicted molar refractivity (Wildman–Crippen MR) is 106 cm³/mol. The number of piperazine rings is 1. The lowest BCUT2D eigenvalue weighted by molar-refractivity contribution is 0.158. The standard InChI is InChI=1S/C17H21FN4O2.HI/c18-13-3-5-14(6-4-13)21-7-9-22(10-8-21)17(19)20-12-15(23)16-2-1-11-24-16;/h1-6,11,15,23H,7-10,12H2,(H2,19,20);1H. The van der Waals surface area contributed by atoms with Gasteiger partial charge in [-0.15, -0.1) is 24.0 Å². The maximum atomic E-state index is 13.0. The predicted octanol–water partition coefficient (Wildman–Crippen LogP) is 2.21. The number of benzene rings is 1. The van der Waals surface area contributed by atoms with Crippen molar-refractivity contribution in [1.29, 1.82) is 0 Å². The maximum absolute atomic E-state index is 13.0. The third kappa shape index (κ3) is 5.08. The van der Waals surface area contributed by atoms with Crippen molar-refractivity contribution in [2.45, 2.75) is 6.10 Å². The van der Waals surface area contributed by atoms with Gasteiger partial charge in [-0.05, 0) is 36.4 Å². The van der Waals surface area contributed by atoms with Crippen LogP contribution in [0.5, 0.6) is 0 Å². The molecule has 3 rings (SSSR count). The summed E-state index contributed by atoms with van der Waals surface area (Å²) in [4.78, 5) is 8.42. The molecule has 2 heterocycles. The number of hydrogen-bond donors (Lipinski definition) is 2. The fourth-order valence-corrected chi connectivity index (χ4v) is 2.70. The summed E-state index contributed by atoms with van der Waals surface area (Å²) >= 11 is 0. The molecule has 136 valence electrons. The van der Waals surface area contributed by atoms with Crippen LogP contribution in [0.4, 0.5) is 10.1 Å². The first-order chi connectivity index (χ1) is 11.6. The molecule has 0 radical (unpaired) electrons. The molecule has 0 bridgehead atoms.